The van der Waals surface area contributed by atoms with Gasteiger partial charge in [0.05, 0.1) is 6.61 Å². The summed E-state index contributed by atoms with van der Waals surface area (Å²) < 4.78 is 5.34. The fraction of sp³-hybridized carbons (Fsp3) is 0.727. The minimum atomic E-state index is 0.443. The van der Waals surface area contributed by atoms with Crippen molar-refractivity contribution in [2.24, 2.45) is 0 Å². The monoisotopic (exact) mass is 222 g/mol. The van der Waals surface area contributed by atoms with Gasteiger partial charge in [-0.05, 0) is 26.2 Å². The molecule has 2 rings (SSSR count). The highest BCUT2D eigenvalue weighted by atomic mass is 16.5. The van der Waals surface area contributed by atoms with Crippen LogP contribution in [0.5, 0.6) is 6.01 Å². The van der Waals surface area contributed by atoms with Crippen LogP contribution in [0.25, 0.3) is 0 Å². The molecule has 16 heavy (non-hydrogen) atoms. The van der Waals surface area contributed by atoms with Gasteiger partial charge in [0, 0.05) is 12.5 Å². The summed E-state index contributed by atoms with van der Waals surface area (Å²) in [5.74, 6) is 2.03. The standard InChI is InChI=1S/C11H18N4O/c1-3-7-12-10-13-9(8-5-6-8)14-11(15-10)16-4-2/h8H,3-7H2,1-2H3,(H,12,13,14,15). The third-order valence-corrected chi connectivity index (χ3v) is 2.38. The predicted octanol–water partition coefficient (Wildman–Crippen LogP) is 1.97. The summed E-state index contributed by atoms with van der Waals surface area (Å²) >= 11 is 0. The van der Waals surface area contributed by atoms with Gasteiger partial charge in [-0.2, -0.15) is 15.0 Å². The predicted molar refractivity (Wildman–Crippen MR) is 61.8 cm³/mol. The Labute approximate surface area is 95.7 Å². The van der Waals surface area contributed by atoms with Crippen molar-refractivity contribution in [2.75, 3.05) is 18.5 Å². The summed E-state index contributed by atoms with van der Waals surface area (Å²) in [4.78, 5) is 12.9. The molecule has 0 saturated heterocycles. The smallest absolute Gasteiger partial charge is 0.321 e. The summed E-state index contributed by atoms with van der Waals surface area (Å²) in [6.45, 7) is 5.50. The lowest BCUT2D eigenvalue weighted by Gasteiger charge is -2.07. The summed E-state index contributed by atoms with van der Waals surface area (Å²) in [5.41, 5.74) is 0. The Balaban J connectivity index is 2.14. The zero-order chi connectivity index (χ0) is 11.4. The summed E-state index contributed by atoms with van der Waals surface area (Å²) in [5, 5.41) is 3.17. The molecule has 1 N–H and O–H groups in total. The number of nitrogens with zero attached hydrogens (tertiary/aromatic N) is 3. The number of aromatic nitrogens is 3. The van der Waals surface area contributed by atoms with Crippen molar-refractivity contribution in [3.63, 3.8) is 0 Å². The summed E-state index contributed by atoms with van der Waals surface area (Å²) in [6, 6.07) is 0.443. The molecule has 5 heteroatoms. The van der Waals surface area contributed by atoms with Crippen molar-refractivity contribution in [1.29, 1.82) is 0 Å². The van der Waals surface area contributed by atoms with Crippen LogP contribution in [0.1, 0.15) is 44.9 Å². The first kappa shape index (κ1) is 11.1. The van der Waals surface area contributed by atoms with Crippen molar-refractivity contribution in [3.8, 4) is 6.01 Å². The molecule has 88 valence electrons. The third kappa shape index (κ3) is 2.81. The molecule has 1 aliphatic rings. The van der Waals surface area contributed by atoms with Crippen LogP contribution in [0.2, 0.25) is 0 Å². The Morgan fingerprint density at radius 2 is 2.06 bits per heavy atom. The number of nitrogens with one attached hydrogen (secondary N) is 1. The summed E-state index contributed by atoms with van der Waals surface area (Å²) in [7, 11) is 0. The van der Waals surface area contributed by atoms with E-state index < -0.39 is 0 Å². The highest BCUT2D eigenvalue weighted by molar-refractivity contribution is 5.27. The van der Waals surface area contributed by atoms with E-state index in [1.54, 1.807) is 0 Å². The molecule has 0 spiro atoms. The van der Waals surface area contributed by atoms with Gasteiger partial charge in [-0.25, -0.2) is 0 Å². The van der Waals surface area contributed by atoms with E-state index in [1.807, 2.05) is 6.92 Å². The fourth-order valence-electron chi connectivity index (χ4n) is 1.41. The molecule has 1 fully saturated rings. The molecule has 1 aromatic rings. The maximum atomic E-state index is 5.34. The average molecular weight is 222 g/mol. The van der Waals surface area contributed by atoms with E-state index in [2.05, 4.69) is 27.2 Å². The van der Waals surface area contributed by atoms with Crippen LogP contribution < -0.4 is 10.1 Å². The second-order valence-corrected chi connectivity index (χ2v) is 3.93. The topological polar surface area (TPSA) is 59.9 Å². The van der Waals surface area contributed by atoms with E-state index in [0.717, 1.165) is 18.8 Å². The van der Waals surface area contributed by atoms with Crippen molar-refractivity contribution < 1.29 is 4.74 Å². The Kier molecular flexibility index (Phi) is 3.54. The van der Waals surface area contributed by atoms with Crippen molar-refractivity contribution >= 4 is 5.95 Å². The van der Waals surface area contributed by atoms with Gasteiger partial charge in [0.25, 0.3) is 0 Å². The van der Waals surface area contributed by atoms with E-state index >= 15 is 0 Å². The molecule has 5 nitrogen and oxygen atoms in total. The number of hydrogen-bond donors (Lipinski definition) is 1. The Hall–Kier alpha value is -1.39. The molecule has 0 amide bonds. The average Bonchev–Trinajstić information content (AvgIpc) is 3.10. The number of hydrogen-bond acceptors (Lipinski definition) is 5. The molecule has 0 unspecified atom stereocenters. The fourth-order valence-corrected chi connectivity index (χ4v) is 1.41. The van der Waals surface area contributed by atoms with E-state index in [0.29, 0.717) is 24.5 Å². The molecule has 0 aromatic carbocycles. The van der Waals surface area contributed by atoms with Gasteiger partial charge in [-0.3, -0.25) is 0 Å². The zero-order valence-electron chi connectivity index (χ0n) is 9.86. The van der Waals surface area contributed by atoms with Crippen molar-refractivity contribution in [2.45, 2.75) is 39.0 Å². The first-order valence-corrected chi connectivity index (χ1v) is 5.96. The van der Waals surface area contributed by atoms with Crippen LogP contribution in [0.4, 0.5) is 5.95 Å². The summed E-state index contributed by atoms with van der Waals surface area (Å²) in [6.07, 6.45) is 3.42. The molecule has 1 saturated carbocycles. The van der Waals surface area contributed by atoms with Gasteiger partial charge in [-0.15, -0.1) is 0 Å². The number of rotatable bonds is 6. The lowest BCUT2D eigenvalue weighted by atomic mass is 10.4. The molecule has 1 heterocycles. The molecule has 0 aliphatic heterocycles. The van der Waals surface area contributed by atoms with E-state index in [1.165, 1.54) is 12.8 Å². The molecule has 1 aliphatic carbocycles. The van der Waals surface area contributed by atoms with Crippen molar-refractivity contribution in [1.82, 2.24) is 15.0 Å². The third-order valence-electron chi connectivity index (χ3n) is 2.38. The molecular weight excluding hydrogens is 204 g/mol. The number of ether oxygens (including phenoxy) is 1. The van der Waals surface area contributed by atoms with Gasteiger partial charge >= 0.3 is 6.01 Å². The minimum Gasteiger partial charge on any atom is -0.464 e. The van der Waals surface area contributed by atoms with E-state index in [-0.39, 0.29) is 0 Å². The Morgan fingerprint density at radius 1 is 1.25 bits per heavy atom. The molecular formula is C11H18N4O. The van der Waals surface area contributed by atoms with Crippen LogP contribution in [0.3, 0.4) is 0 Å². The maximum absolute atomic E-state index is 5.34. The first-order chi connectivity index (χ1) is 7.83. The van der Waals surface area contributed by atoms with E-state index in [9.17, 15) is 0 Å². The van der Waals surface area contributed by atoms with Gasteiger partial charge in [0.15, 0.2) is 0 Å². The van der Waals surface area contributed by atoms with Crippen LogP contribution >= 0.6 is 0 Å². The highest BCUT2D eigenvalue weighted by Gasteiger charge is 2.28. The number of anilines is 1. The normalized spacial score (nSPS) is 14.9. The van der Waals surface area contributed by atoms with Gasteiger partial charge in [0.1, 0.15) is 5.82 Å². The van der Waals surface area contributed by atoms with Gasteiger partial charge in [-0.1, -0.05) is 6.92 Å². The molecule has 0 atom stereocenters. The van der Waals surface area contributed by atoms with E-state index in [4.69, 9.17) is 4.74 Å². The van der Waals surface area contributed by atoms with Crippen LogP contribution in [0.15, 0.2) is 0 Å². The quantitative estimate of drug-likeness (QED) is 0.797. The Bertz CT molecular complexity index is 352. The van der Waals surface area contributed by atoms with Gasteiger partial charge in [0.2, 0.25) is 5.95 Å². The van der Waals surface area contributed by atoms with Crippen molar-refractivity contribution in [3.05, 3.63) is 5.82 Å². The SMILES string of the molecule is CCCNc1nc(OCC)nc(C2CC2)n1. The maximum Gasteiger partial charge on any atom is 0.321 e. The minimum absolute atomic E-state index is 0.443. The molecule has 1 aromatic heterocycles. The van der Waals surface area contributed by atoms with Crippen LogP contribution in [-0.2, 0) is 0 Å². The zero-order valence-corrected chi connectivity index (χ0v) is 9.86. The Morgan fingerprint density at radius 3 is 2.69 bits per heavy atom. The van der Waals surface area contributed by atoms with Crippen LogP contribution in [0, 0.1) is 0 Å². The molecule has 0 radical (unpaired) electrons. The lowest BCUT2D eigenvalue weighted by Crippen LogP contribution is -2.09. The second-order valence-electron chi connectivity index (χ2n) is 3.93. The first-order valence-electron chi connectivity index (χ1n) is 5.96. The largest absolute Gasteiger partial charge is 0.464 e. The lowest BCUT2D eigenvalue weighted by molar-refractivity contribution is 0.310. The van der Waals surface area contributed by atoms with Crippen LogP contribution in [-0.4, -0.2) is 28.1 Å². The second kappa shape index (κ2) is 5.09. The molecule has 0 bridgehead atoms. The van der Waals surface area contributed by atoms with Gasteiger partial charge < -0.3 is 10.1 Å². The highest BCUT2D eigenvalue weighted by Crippen LogP contribution is 2.38.